The third kappa shape index (κ3) is 4.49. The van der Waals surface area contributed by atoms with Crippen LogP contribution < -0.4 is 11.1 Å². The number of rotatable bonds is 6. The van der Waals surface area contributed by atoms with E-state index in [0.717, 1.165) is 22.3 Å². The number of hydrogen-bond donors (Lipinski definition) is 2. The average Bonchev–Trinajstić information content (AvgIpc) is 3.38. The highest BCUT2D eigenvalue weighted by molar-refractivity contribution is 5.50. The lowest BCUT2D eigenvalue weighted by Crippen LogP contribution is -2.25. The van der Waals surface area contributed by atoms with Gasteiger partial charge in [-0.3, -0.25) is 29.9 Å². The van der Waals surface area contributed by atoms with Gasteiger partial charge in [0.2, 0.25) is 0 Å². The number of benzene rings is 3. The van der Waals surface area contributed by atoms with Crippen molar-refractivity contribution in [1.82, 2.24) is 19.6 Å². The van der Waals surface area contributed by atoms with Crippen LogP contribution in [0.5, 0.6) is 0 Å². The number of nitro groups is 1. The maximum absolute atomic E-state index is 14.0. The van der Waals surface area contributed by atoms with E-state index in [-0.39, 0.29) is 16.8 Å². The van der Waals surface area contributed by atoms with Gasteiger partial charge in [-0.1, -0.05) is 24.3 Å². The molecule has 0 aliphatic heterocycles. The molecule has 0 saturated heterocycles. The van der Waals surface area contributed by atoms with Crippen molar-refractivity contribution < 1.29 is 4.92 Å². The third-order valence-corrected chi connectivity index (χ3v) is 7.75. The number of hydrogen-bond acceptors (Lipinski definition) is 4. The van der Waals surface area contributed by atoms with Crippen LogP contribution in [0.2, 0.25) is 0 Å². The van der Waals surface area contributed by atoms with Crippen LogP contribution in [0.25, 0.3) is 11.4 Å². The predicted octanol–water partition coefficient (Wildman–Crippen LogP) is 5.58. The Morgan fingerprint density at radius 3 is 1.45 bits per heavy atom. The van der Waals surface area contributed by atoms with E-state index >= 15 is 0 Å². The number of H-pyrrole nitrogens is 2. The molecule has 5 aromatic rings. The molecule has 0 aliphatic carbocycles. The van der Waals surface area contributed by atoms with Gasteiger partial charge in [-0.25, -0.2) is 9.36 Å². The zero-order valence-electron chi connectivity index (χ0n) is 23.3. The van der Waals surface area contributed by atoms with E-state index in [1.807, 2.05) is 64.1 Å². The molecular formula is C31H31N5O4. The molecule has 5 rings (SSSR count). The SMILES string of the molecule is Cc1ccc(-n2[nH]c(C)c(C(c3ccc([N+](=O)[O-])cc3)c3c(C)[nH]n(-c4ccc(C)c(C)c4)c3=O)c2=O)cc1C. The van der Waals surface area contributed by atoms with Crippen molar-refractivity contribution in [1.29, 1.82) is 0 Å². The molecule has 9 heteroatoms. The lowest BCUT2D eigenvalue weighted by atomic mass is 9.85. The zero-order valence-corrected chi connectivity index (χ0v) is 23.3. The lowest BCUT2D eigenvalue weighted by Gasteiger charge is -2.15. The van der Waals surface area contributed by atoms with E-state index in [1.54, 1.807) is 26.0 Å². The topological polar surface area (TPSA) is 119 Å². The Morgan fingerprint density at radius 1 is 0.650 bits per heavy atom. The summed E-state index contributed by atoms with van der Waals surface area (Å²) in [6, 6.07) is 17.6. The molecule has 0 saturated carbocycles. The van der Waals surface area contributed by atoms with E-state index in [0.29, 0.717) is 39.5 Å². The Labute approximate surface area is 230 Å². The van der Waals surface area contributed by atoms with Crippen LogP contribution in [-0.4, -0.2) is 24.5 Å². The van der Waals surface area contributed by atoms with E-state index < -0.39 is 10.8 Å². The van der Waals surface area contributed by atoms with E-state index in [1.165, 1.54) is 21.5 Å². The summed E-state index contributed by atoms with van der Waals surface area (Å²) in [6.07, 6.45) is 0. The number of non-ortho nitro benzene ring substituents is 1. The first-order valence-electron chi connectivity index (χ1n) is 13.0. The number of aryl methyl sites for hydroxylation is 6. The fourth-order valence-electron chi connectivity index (χ4n) is 5.16. The molecule has 40 heavy (non-hydrogen) atoms. The molecule has 0 atom stereocenters. The van der Waals surface area contributed by atoms with Crippen LogP contribution in [0, 0.1) is 51.7 Å². The predicted molar refractivity (Wildman–Crippen MR) is 155 cm³/mol. The summed E-state index contributed by atoms with van der Waals surface area (Å²) in [5.41, 5.74) is 7.63. The Balaban J connectivity index is 1.76. The summed E-state index contributed by atoms with van der Waals surface area (Å²) in [7, 11) is 0. The second-order valence-electron chi connectivity index (χ2n) is 10.4. The summed E-state index contributed by atoms with van der Waals surface area (Å²) in [5, 5.41) is 17.7. The van der Waals surface area contributed by atoms with E-state index in [2.05, 4.69) is 10.2 Å². The van der Waals surface area contributed by atoms with Crippen LogP contribution in [-0.2, 0) is 0 Å². The van der Waals surface area contributed by atoms with Crippen LogP contribution in [0.4, 0.5) is 5.69 Å². The summed E-state index contributed by atoms with van der Waals surface area (Å²) >= 11 is 0. The minimum absolute atomic E-state index is 0.0702. The normalized spacial score (nSPS) is 11.4. The van der Waals surface area contributed by atoms with Crippen molar-refractivity contribution >= 4 is 5.69 Å². The van der Waals surface area contributed by atoms with Gasteiger partial charge in [0.15, 0.2) is 0 Å². The summed E-state index contributed by atoms with van der Waals surface area (Å²) < 4.78 is 2.97. The monoisotopic (exact) mass is 537 g/mol. The molecule has 204 valence electrons. The maximum atomic E-state index is 14.0. The lowest BCUT2D eigenvalue weighted by molar-refractivity contribution is -0.384. The van der Waals surface area contributed by atoms with Gasteiger partial charge < -0.3 is 0 Å². The fourth-order valence-corrected chi connectivity index (χ4v) is 5.16. The molecule has 0 spiro atoms. The second-order valence-corrected chi connectivity index (χ2v) is 10.4. The number of nitro benzene ring substituents is 1. The molecule has 2 aromatic heterocycles. The Morgan fingerprint density at radius 2 is 1.07 bits per heavy atom. The van der Waals surface area contributed by atoms with Crippen LogP contribution in [0.15, 0.2) is 70.3 Å². The highest BCUT2D eigenvalue weighted by Gasteiger charge is 2.31. The largest absolute Gasteiger partial charge is 0.295 e. The highest BCUT2D eigenvalue weighted by atomic mass is 16.6. The van der Waals surface area contributed by atoms with Gasteiger partial charge in [-0.05, 0) is 93.6 Å². The standard InChI is InChI=1S/C31H31N5O4/c1-17-7-11-25(15-19(17)3)34-30(37)27(21(5)32-34)29(23-9-13-24(14-10-23)36(39)40)28-22(6)33-35(31(28)38)26-12-8-18(2)20(4)16-26/h7-16,29,32-33H,1-6H3. The first-order valence-corrected chi connectivity index (χ1v) is 13.0. The first-order chi connectivity index (χ1) is 19.0. The molecule has 2 N–H and O–H groups in total. The van der Waals surface area contributed by atoms with Crippen LogP contribution in [0.3, 0.4) is 0 Å². The average molecular weight is 538 g/mol. The van der Waals surface area contributed by atoms with Gasteiger partial charge in [0.1, 0.15) is 0 Å². The third-order valence-electron chi connectivity index (χ3n) is 7.75. The fraction of sp³-hybridized carbons (Fsp3) is 0.226. The highest BCUT2D eigenvalue weighted by Crippen LogP contribution is 2.33. The summed E-state index contributed by atoms with van der Waals surface area (Å²) in [4.78, 5) is 39.0. The van der Waals surface area contributed by atoms with Crippen molar-refractivity contribution in [2.45, 2.75) is 47.5 Å². The Kier molecular flexibility index (Phi) is 6.67. The van der Waals surface area contributed by atoms with E-state index in [9.17, 15) is 19.7 Å². The first kappa shape index (κ1) is 26.7. The van der Waals surface area contributed by atoms with Gasteiger partial charge in [0, 0.05) is 29.4 Å². The molecule has 0 radical (unpaired) electrons. The molecule has 0 bridgehead atoms. The summed E-state index contributed by atoms with van der Waals surface area (Å²) in [5.74, 6) is -0.770. The molecule has 2 heterocycles. The Hall–Kier alpha value is -4.92. The van der Waals surface area contributed by atoms with Crippen molar-refractivity contribution in [3.63, 3.8) is 0 Å². The second kappa shape index (κ2) is 10.00. The molecule has 0 fully saturated rings. The quantitative estimate of drug-likeness (QED) is 0.217. The number of nitrogens with zero attached hydrogens (tertiary/aromatic N) is 3. The van der Waals surface area contributed by atoms with Gasteiger partial charge in [0.25, 0.3) is 16.8 Å². The molecule has 9 nitrogen and oxygen atoms in total. The molecule has 0 aliphatic rings. The maximum Gasteiger partial charge on any atom is 0.275 e. The summed E-state index contributed by atoms with van der Waals surface area (Å²) in [6.45, 7) is 11.6. The van der Waals surface area contributed by atoms with Gasteiger partial charge in [-0.15, -0.1) is 0 Å². The van der Waals surface area contributed by atoms with E-state index in [4.69, 9.17) is 0 Å². The van der Waals surface area contributed by atoms with Gasteiger partial charge >= 0.3 is 0 Å². The molecular weight excluding hydrogens is 506 g/mol. The van der Waals surface area contributed by atoms with Crippen molar-refractivity contribution in [2.75, 3.05) is 0 Å². The minimum Gasteiger partial charge on any atom is -0.295 e. The van der Waals surface area contributed by atoms with Gasteiger partial charge in [-0.2, -0.15) is 0 Å². The van der Waals surface area contributed by atoms with Crippen molar-refractivity contribution in [2.24, 2.45) is 0 Å². The zero-order chi connectivity index (χ0) is 28.9. The van der Waals surface area contributed by atoms with Crippen molar-refractivity contribution in [3.05, 3.63) is 142 Å². The van der Waals surface area contributed by atoms with Gasteiger partial charge in [0.05, 0.1) is 27.4 Å². The molecule has 3 aromatic carbocycles. The van der Waals surface area contributed by atoms with Crippen molar-refractivity contribution in [3.8, 4) is 11.4 Å². The molecule has 0 unspecified atom stereocenters. The Bertz CT molecular complexity index is 1780. The van der Waals surface area contributed by atoms with Crippen LogP contribution in [0.1, 0.15) is 56.2 Å². The number of aromatic nitrogens is 4. The number of nitrogens with one attached hydrogen (secondary N) is 2. The number of aromatic amines is 2. The minimum atomic E-state index is -0.770. The van der Waals surface area contributed by atoms with Crippen LogP contribution >= 0.6 is 0 Å². The smallest absolute Gasteiger partial charge is 0.275 e. The molecule has 0 amide bonds.